The average Bonchev–Trinajstić information content (AvgIpc) is 2.48. The van der Waals surface area contributed by atoms with Crippen molar-refractivity contribution >= 4 is 17.3 Å². The van der Waals surface area contributed by atoms with Crippen LogP contribution in [0.15, 0.2) is 42.5 Å². The lowest BCUT2D eigenvalue weighted by molar-refractivity contribution is -0.387. The molecule has 120 valence electrons. The molecule has 0 fully saturated rings. The molecule has 1 unspecified atom stereocenters. The van der Waals surface area contributed by atoms with Crippen molar-refractivity contribution in [2.75, 3.05) is 5.32 Å². The molecule has 0 heterocycles. The number of nitro benzene ring substituents is 1. The third-order valence-corrected chi connectivity index (χ3v) is 3.08. The third kappa shape index (κ3) is 4.26. The van der Waals surface area contributed by atoms with Crippen LogP contribution in [0.25, 0.3) is 0 Å². The number of aryl methyl sites for hydroxylation is 1. The summed E-state index contributed by atoms with van der Waals surface area (Å²) in [6.07, 6.45) is -0.819. The van der Waals surface area contributed by atoms with Gasteiger partial charge in [0, 0.05) is 11.8 Å². The summed E-state index contributed by atoms with van der Waals surface area (Å²) in [5.41, 5.74) is 0.419. The van der Waals surface area contributed by atoms with E-state index in [2.05, 4.69) is 5.32 Å². The van der Waals surface area contributed by atoms with Gasteiger partial charge in [-0.3, -0.25) is 14.9 Å². The van der Waals surface area contributed by atoms with Crippen molar-refractivity contribution in [1.82, 2.24) is 0 Å². The van der Waals surface area contributed by atoms with Crippen molar-refractivity contribution in [3.8, 4) is 5.75 Å². The van der Waals surface area contributed by atoms with Gasteiger partial charge in [0.15, 0.2) is 6.10 Å². The molecule has 0 radical (unpaired) electrons. The number of hydrogen-bond donors (Lipinski definition) is 1. The highest BCUT2D eigenvalue weighted by Crippen LogP contribution is 2.22. The maximum atomic E-state index is 13.3. The van der Waals surface area contributed by atoms with E-state index in [1.165, 1.54) is 6.07 Å². The Morgan fingerprint density at radius 3 is 2.70 bits per heavy atom. The number of nitro groups is 1. The van der Waals surface area contributed by atoms with Crippen LogP contribution in [0.5, 0.6) is 5.75 Å². The zero-order valence-corrected chi connectivity index (χ0v) is 12.6. The second-order valence-electron chi connectivity index (χ2n) is 4.99. The number of carbonyl (C=O) groups is 1. The van der Waals surface area contributed by atoms with Crippen molar-refractivity contribution in [2.45, 2.75) is 20.0 Å². The second-order valence-corrected chi connectivity index (χ2v) is 4.99. The summed E-state index contributed by atoms with van der Waals surface area (Å²) in [4.78, 5) is 21.9. The molecule has 2 rings (SSSR count). The molecule has 2 aromatic carbocycles. The molecule has 0 bridgehead atoms. The van der Waals surface area contributed by atoms with Crippen LogP contribution >= 0.6 is 0 Å². The van der Waals surface area contributed by atoms with Crippen LogP contribution in [-0.4, -0.2) is 16.9 Å². The quantitative estimate of drug-likeness (QED) is 0.676. The van der Waals surface area contributed by atoms with Gasteiger partial charge >= 0.3 is 5.69 Å². The number of nitrogens with zero attached hydrogens (tertiary/aromatic N) is 1. The highest BCUT2D eigenvalue weighted by molar-refractivity contribution is 5.94. The maximum Gasteiger partial charge on any atom is 0.306 e. The molecule has 0 aliphatic rings. The summed E-state index contributed by atoms with van der Waals surface area (Å²) in [5, 5.41) is 13.2. The van der Waals surface area contributed by atoms with E-state index in [0.29, 0.717) is 5.75 Å². The first-order chi connectivity index (χ1) is 10.9. The van der Waals surface area contributed by atoms with Crippen LogP contribution in [0, 0.1) is 22.9 Å². The van der Waals surface area contributed by atoms with E-state index in [9.17, 15) is 19.3 Å². The summed E-state index contributed by atoms with van der Waals surface area (Å²) >= 11 is 0. The zero-order chi connectivity index (χ0) is 17.0. The van der Waals surface area contributed by atoms with Crippen LogP contribution in [0.4, 0.5) is 15.8 Å². The summed E-state index contributed by atoms with van der Waals surface area (Å²) in [6, 6.07) is 10.4. The van der Waals surface area contributed by atoms with Crippen molar-refractivity contribution in [1.29, 1.82) is 0 Å². The monoisotopic (exact) mass is 318 g/mol. The third-order valence-electron chi connectivity index (χ3n) is 3.08. The number of hydrogen-bond acceptors (Lipinski definition) is 4. The fourth-order valence-corrected chi connectivity index (χ4v) is 1.92. The number of halogens is 1. The predicted octanol–water partition coefficient (Wildman–Crippen LogP) is 3.45. The van der Waals surface area contributed by atoms with Gasteiger partial charge in [0.1, 0.15) is 5.75 Å². The molecule has 0 aromatic heterocycles. The molecule has 0 aliphatic carbocycles. The Morgan fingerprint density at radius 1 is 1.30 bits per heavy atom. The van der Waals surface area contributed by atoms with Gasteiger partial charge in [0.2, 0.25) is 5.82 Å². The Bertz CT molecular complexity index is 749. The predicted molar refractivity (Wildman–Crippen MR) is 83.0 cm³/mol. The van der Waals surface area contributed by atoms with Gasteiger partial charge in [-0.05, 0) is 43.7 Å². The summed E-state index contributed by atoms with van der Waals surface area (Å²) in [7, 11) is 0. The van der Waals surface area contributed by atoms with E-state index in [1.807, 2.05) is 13.0 Å². The maximum absolute atomic E-state index is 13.3. The van der Waals surface area contributed by atoms with Gasteiger partial charge in [0.05, 0.1) is 4.92 Å². The van der Waals surface area contributed by atoms with Crippen molar-refractivity contribution in [3.05, 3.63) is 64.0 Å². The van der Waals surface area contributed by atoms with Crippen LogP contribution in [0.3, 0.4) is 0 Å². The standard InChI is InChI=1S/C16H15FN2O4/c1-10-4-3-5-13(8-10)23-11(2)16(20)18-12-6-7-14(17)15(9-12)19(21)22/h3-9,11H,1-2H3,(H,18,20). The summed E-state index contributed by atoms with van der Waals surface area (Å²) in [6.45, 7) is 3.45. The molecule has 2 aromatic rings. The Hall–Kier alpha value is -2.96. The fraction of sp³-hybridized carbons (Fsp3) is 0.188. The number of anilines is 1. The number of amides is 1. The fourth-order valence-electron chi connectivity index (χ4n) is 1.92. The number of nitrogens with one attached hydrogen (secondary N) is 1. The van der Waals surface area contributed by atoms with Crippen molar-refractivity contribution in [3.63, 3.8) is 0 Å². The SMILES string of the molecule is Cc1cccc(OC(C)C(=O)Nc2ccc(F)c([N+](=O)[O-])c2)c1. The van der Waals surface area contributed by atoms with E-state index < -0.39 is 28.4 Å². The van der Waals surface area contributed by atoms with E-state index in [-0.39, 0.29) is 5.69 Å². The van der Waals surface area contributed by atoms with Gasteiger partial charge in [-0.25, -0.2) is 0 Å². The lowest BCUT2D eigenvalue weighted by atomic mass is 10.2. The summed E-state index contributed by atoms with van der Waals surface area (Å²) in [5.74, 6) is -0.915. The van der Waals surface area contributed by atoms with Gasteiger partial charge in [-0.15, -0.1) is 0 Å². The normalized spacial score (nSPS) is 11.6. The van der Waals surface area contributed by atoms with Crippen LogP contribution in [0.2, 0.25) is 0 Å². The highest BCUT2D eigenvalue weighted by atomic mass is 19.1. The van der Waals surface area contributed by atoms with Gasteiger partial charge in [0.25, 0.3) is 5.91 Å². The van der Waals surface area contributed by atoms with Crippen molar-refractivity contribution in [2.24, 2.45) is 0 Å². The number of ether oxygens (including phenoxy) is 1. The van der Waals surface area contributed by atoms with Crippen LogP contribution < -0.4 is 10.1 Å². The molecular formula is C16H15FN2O4. The molecule has 7 heteroatoms. The smallest absolute Gasteiger partial charge is 0.306 e. The Balaban J connectivity index is 2.06. The molecule has 0 saturated heterocycles. The zero-order valence-electron chi connectivity index (χ0n) is 12.6. The molecular weight excluding hydrogens is 303 g/mol. The number of carbonyl (C=O) groups excluding carboxylic acids is 1. The second kappa shape index (κ2) is 6.87. The molecule has 1 N–H and O–H groups in total. The van der Waals surface area contributed by atoms with Crippen LogP contribution in [-0.2, 0) is 4.79 Å². The minimum absolute atomic E-state index is 0.128. The first-order valence-corrected chi connectivity index (χ1v) is 6.85. The molecule has 6 nitrogen and oxygen atoms in total. The minimum atomic E-state index is -0.961. The number of benzene rings is 2. The largest absolute Gasteiger partial charge is 0.481 e. The lowest BCUT2D eigenvalue weighted by Gasteiger charge is -2.15. The van der Waals surface area contributed by atoms with Gasteiger partial charge < -0.3 is 10.1 Å². The Morgan fingerprint density at radius 2 is 2.04 bits per heavy atom. The Kier molecular flexibility index (Phi) is 4.90. The molecule has 0 aliphatic heterocycles. The topological polar surface area (TPSA) is 81.5 Å². The molecule has 0 spiro atoms. The van der Waals surface area contributed by atoms with E-state index in [0.717, 1.165) is 17.7 Å². The summed E-state index contributed by atoms with van der Waals surface area (Å²) < 4.78 is 18.8. The van der Waals surface area contributed by atoms with E-state index >= 15 is 0 Å². The average molecular weight is 318 g/mol. The van der Waals surface area contributed by atoms with Crippen molar-refractivity contribution < 1.29 is 18.8 Å². The minimum Gasteiger partial charge on any atom is -0.481 e. The highest BCUT2D eigenvalue weighted by Gasteiger charge is 2.18. The Labute approximate surface area is 132 Å². The first-order valence-electron chi connectivity index (χ1n) is 6.85. The molecule has 1 amide bonds. The van der Waals surface area contributed by atoms with Gasteiger partial charge in [-0.2, -0.15) is 4.39 Å². The molecule has 1 atom stereocenters. The number of rotatable bonds is 5. The molecule has 23 heavy (non-hydrogen) atoms. The first kappa shape index (κ1) is 16.4. The van der Waals surface area contributed by atoms with E-state index in [1.54, 1.807) is 25.1 Å². The molecule has 0 saturated carbocycles. The van der Waals surface area contributed by atoms with Crippen LogP contribution in [0.1, 0.15) is 12.5 Å². The lowest BCUT2D eigenvalue weighted by Crippen LogP contribution is -2.30. The van der Waals surface area contributed by atoms with E-state index in [4.69, 9.17) is 4.74 Å². The van der Waals surface area contributed by atoms with Gasteiger partial charge in [-0.1, -0.05) is 12.1 Å².